The topological polar surface area (TPSA) is 52.6 Å². The zero-order chi connectivity index (χ0) is 23.2. The Balaban J connectivity index is 1.41. The van der Waals surface area contributed by atoms with Crippen molar-refractivity contribution in [2.24, 2.45) is 0 Å². The number of hydrogen-bond acceptors (Lipinski definition) is 5. The first-order chi connectivity index (χ1) is 16.1. The highest BCUT2D eigenvalue weighted by Crippen LogP contribution is 2.29. The molecule has 0 aliphatic carbocycles. The van der Waals surface area contributed by atoms with Gasteiger partial charge >= 0.3 is 0 Å². The summed E-state index contributed by atoms with van der Waals surface area (Å²) in [7, 11) is 3.19. The summed E-state index contributed by atoms with van der Waals surface area (Å²) in [6, 6.07) is 29.2. The molecular formula is C28H22O4S. The predicted molar refractivity (Wildman–Crippen MR) is 130 cm³/mol. The molecule has 0 atom stereocenters. The molecule has 4 nitrogen and oxygen atoms in total. The first-order valence-electron chi connectivity index (χ1n) is 10.3. The Morgan fingerprint density at radius 2 is 0.758 bits per heavy atom. The SMILES string of the molecule is COc1ccc(C(=O)c2ccc(Sc3ccc(C(=O)c4ccc(OC)cc4)cc3)cc2)cc1. The van der Waals surface area contributed by atoms with Gasteiger partial charge in [-0.3, -0.25) is 9.59 Å². The van der Waals surface area contributed by atoms with Crippen LogP contribution in [0.3, 0.4) is 0 Å². The Morgan fingerprint density at radius 1 is 0.485 bits per heavy atom. The number of rotatable bonds is 8. The fraction of sp³-hybridized carbons (Fsp3) is 0.0714. The lowest BCUT2D eigenvalue weighted by Gasteiger charge is -2.07. The third-order valence-electron chi connectivity index (χ3n) is 5.17. The maximum absolute atomic E-state index is 12.7. The highest BCUT2D eigenvalue weighted by molar-refractivity contribution is 7.99. The highest BCUT2D eigenvalue weighted by Gasteiger charge is 2.11. The van der Waals surface area contributed by atoms with Crippen molar-refractivity contribution < 1.29 is 19.1 Å². The van der Waals surface area contributed by atoms with Crippen molar-refractivity contribution in [3.8, 4) is 11.5 Å². The van der Waals surface area contributed by atoms with Crippen molar-refractivity contribution >= 4 is 23.3 Å². The summed E-state index contributed by atoms with van der Waals surface area (Å²) >= 11 is 1.57. The molecule has 0 bridgehead atoms. The molecule has 0 amide bonds. The highest BCUT2D eigenvalue weighted by atomic mass is 32.2. The standard InChI is InChI=1S/C28H22O4S/c1-31-23-11-3-19(4-12-23)27(29)21-7-15-25(16-8-21)33-26-17-9-22(10-18-26)28(30)20-5-13-24(32-2)14-6-20/h3-18H,1-2H3. The number of methoxy groups -OCH3 is 2. The summed E-state index contributed by atoms with van der Waals surface area (Å²) in [5.41, 5.74) is 2.50. The average Bonchev–Trinajstić information content (AvgIpc) is 2.89. The molecule has 0 spiro atoms. The minimum absolute atomic E-state index is 0.0319. The zero-order valence-electron chi connectivity index (χ0n) is 18.3. The van der Waals surface area contributed by atoms with Crippen molar-refractivity contribution in [3.05, 3.63) is 119 Å². The van der Waals surface area contributed by atoms with Crippen LogP contribution >= 0.6 is 11.8 Å². The third-order valence-corrected chi connectivity index (χ3v) is 6.19. The van der Waals surface area contributed by atoms with E-state index in [2.05, 4.69) is 0 Å². The second kappa shape index (κ2) is 10.2. The van der Waals surface area contributed by atoms with Gasteiger partial charge in [-0.15, -0.1) is 0 Å². The van der Waals surface area contributed by atoms with E-state index in [0.29, 0.717) is 22.3 Å². The van der Waals surface area contributed by atoms with E-state index in [-0.39, 0.29) is 11.6 Å². The van der Waals surface area contributed by atoms with Crippen LogP contribution in [-0.4, -0.2) is 25.8 Å². The maximum atomic E-state index is 12.7. The van der Waals surface area contributed by atoms with E-state index in [4.69, 9.17) is 9.47 Å². The zero-order valence-corrected chi connectivity index (χ0v) is 19.1. The van der Waals surface area contributed by atoms with Gasteiger partial charge in [-0.1, -0.05) is 11.8 Å². The van der Waals surface area contributed by atoms with E-state index in [1.54, 1.807) is 74.5 Å². The minimum Gasteiger partial charge on any atom is -0.497 e. The molecule has 4 rings (SSSR count). The lowest BCUT2D eigenvalue weighted by Crippen LogP contribution is -2.01. The van der Waals surface area contributed by atoms with E-state index in [9.17, 15) is 9.59 Å². The Labute approximate surface area is 197 Å². The summed E-state index contributed by atoms with van der Waals surface area (Å²) in [6.07, 6.45) is 0. The average molecular weight is 455 g/mol. The Hall–Kier alpha value is -3.83. The second-order valence-electron chi connectivity index (χ2n) is 7.27. The molecule has 4 aromatic rings. The molecule has 0 fully saturated rings. The molecule has 0 aromatic heterocycles. The molecule has 33 heavy (non-hydrogen) atoms. The van der Waals surface area contributed by atoms with Crippen LogP contribution in [0.1, 0.15) is 31.8 Å². The van der Waals surface area contributed by atoms with Crippen molar-refractivity contribution in [1.29, 1.82) is 0 Å². The van der Waals surface area contributed by atoms with Crippen LogP contribution in [0.4, 0.5) is 0 Å². The summed E-state index contributed by atoms with van der Waals surface area (Å²) < 4.78 is 10.3. The van der Waals surface area contributed by atoms with Crippen LogP contribution in [0.5, 0.6) is 11.5 Å². The molecule has 0 aliphatic heterocycles. The van der Waals surface area contributed by atoms with Gasteiger partial charge in [-0.25, -0.2) is 0 Å². The minimum atomic E-state index is -0.0319. The fourth-order valence-electron chi connectivity index (χ4n) is 3.30. The van der Waals surface area contributed by atoms with Crippen LogP contribution in [0, 0.1) is 0 Å². The summed E-state index contributed by atoms with van der Waals surface area (Å²) in [4.78, 5) is 27.4. The summed E-state index contributed by atoms with van der Waals surface area (Å²) in [5, 5.41) is 0. The summed E-state index contributed by atoms with van der Waals surface area (Å²) in [6.45, 7) is 0. The fourth-order valence-corrected chi connectivity index (χ4v) is 4.12. The molecule has 164 valence electrons. The van der Waals surface area contributed by atoms with Gasteiger partial charge in [0.05, 0.1) is 14.2 Å². The monoisotopic (exact) mass is 454 g/mol. The van der Waals surface area contributed by atoms with Crippen LogP contribution in [0.25, 0.3) is 0 Å². The predicted octanol–water partition coefficient (Wildman–Crippen LogP) is 6.32. The number of benzene rings is 4. The second-order valence-corrected chi connectivity index (χ2v) is 8.41. The Kier molecular flexibility index (Phi) is 6.91. The smallest absolute Gasteiger partial charge is 0.193 e. The van der Waals surface area contributed by atoms with Crippen molar-refractivity contribution in [2.45, 2.75) is 9.79 Å². The van der Waals surface area contributed by atoms with Crippen molar-refractivity contribution in [3.63, 3.8) is 0 Å². The van der Waals surface area contributed by atoms with Crippen LogP contribution in [-0.2, 0) is 0 Å². The van der Waals surface area contributed by atoms with Gasteiger partial charge < -0.3 is 9.47 Å². The van der Waals surface area contributed by atoms with E-state index >= 15 is 0 Å². The van der Waals surface area contributed by atoms with Gasteiger partial charge in [0.2, 0.25) is 0 Å². The molecule has 0 saturated carbocycles. The number of ether oxygens (including phenoxy) is 2. The van der Waals surface area contributed by atoms with Crippen LogP contribution < -0.4 is 9.47 Å². The van der Waals surface area contributed by atoms with Gasteiger partial charge in [-0.05, 0) is 97.1 Å². The van der Waals surface area contributed by atoms with Gasteiger partial charge in [0, 0.05) is 32.0 Å². The molecule has 0 heterocycles. The quantitative estimate of drug-likeness (QED) is 0.292. The molecule has 0 unspecified atom stereocenters. The molecule has 5 heteroatoms. The van der Waals surface area contributed by atoms with Gasteiger partial charge in [0.15, 0.2) is 11.6 Å². The number of hydrogen-bond donors (Lipinski definition) is 0. The molecule has 0 saturated heterocycles. The van der Waals surface area contributed by atoms with Gasteiger partial charge in [0.1, 0.15) is 11.5 Å². The largest absolute Gasteiger partial charge is 0.497 e. The van der Waals surface area contributed by atoms with E-state index in [1.165, 1.54) is 0 Å². The maximum Gasteiger partial charge on any atom is 0.193 e. The Bertz CT molecular complexity index is 1140. The molecular weight excluding hydrogens is 432 g/mol. The molecule has 0 aliphatic rings. The normalized spacial score (nSPS) is 10.5. The van der Waals surface area contributed by atoms with Crippen LogP contribution in [0.2, 0.25) is 0 Å². The van der Waals surface area contributed by atoms with Crippen LogP contribution in [0.15, 0.2) is 107 Å². The first-order valence-corrected chi connectivity index (χ1v) is 11.1. The lowest BCUT2D eigenvalue weighted by molar-refractivity contribution is 0.103. The number of carbonyl (C=O) groups is 2. The number of ketones is 2. The first kappa shape index (κ1) is 22.4. The summed E-state index contributed by atoms with van der Waals surface area (Å²) in [5.74, 6) is 1.37. The molecule has 0 radical (unpaired) electrons. The van der Waals surface area contributed by atoms with E-state index in [1.807, 2.05) is 48.5 Å². The van der Waals surface area contributed by atoms with Crippen molar-refractivity contribution in [1.82, 2.24) is 0 Å². The van der Waals surface area contributed by atoms with Gasteiger partial charge in [-0.2, -0.15) is 0 Å². The van der Waals surface area contributed by atoms with Crippen molar-refractivity contribution in [2.75, 3.05) is 14.2 Å². The Morgan fingerprint density at radius 3 is 1.03 bits per heavy atom. The van der Waals surface area contributed by atoms with Gasteiger partial charge in [0.25, 0.3) is 0 Å². The number of carbonyl (C=O) groups excluding carboxylic acids is 2. The molecule has 0 N–H and O–H groups in total. The molecule has 4 aromatic carbocycles. The lowest BCUT2D eigenvalue weighted by atomic mass is 10.0. The van der Waals surface area contributed by atoms with E-state index in [0.717, 1.165) is 21.3 Å². The third kappa shape index (κ3) is 5.33. The van der Waals surface area contributed by atoms with E-state index < -0.39 is 0 Å².